The average molecular weight is 421 g/mol. The first-order valence-corrected chi connectivity index (χ1v) is 10.7. The number of amides is 2. The Morgan fingerprint density at radius 2 is 1.83 bits per heavy atom. The van der Waals surface area contributed by atoms with Crippen LogP contribution in [-0.2, 0) is 16.1 Å². The molecule has 166 valence electrons. The molecule has 0 radical (unpaired) electrons. The summed E-state index contributed by atoms with van der Waals surface area (Å²) in [5.41, 5.74) is -0.0729. The van der Waals surface area contributed by atoms with Gasteiger partial charge in [-0.05, 0) is 56.9 Å². The topological polar surface area (TPSA) is 67.9 Å². The zero-order valence-corrected chi connectivity index (χ0v) is 18.3. The molecule has 7 heteroatoms. The number of carbonyl (C=O) groups is 2. The smallest absolute Gasteiger partial charge is 0.410 e. The lowest BCUT2D eigenvalue weighted by molar-refractivity contribution is 0.0272. The van der Waals surface area contributed by atoms with Crippen LogP contribution in [0.5, 0.6) is 0 Å². The predicted molar refractivity (Wildman–Crippen MR) is 112 cm³/mol. The van der Waals surface area contributed by atoms with Crippen molar-refractivity contribution in [2.75, 3.05) is 13.1 Å². The van der Waals surface area contributed by atoms with Gasteiger partial charge in [0.25, 0.3) is 0 Å². The quantitative estimate of drug-likeness (QED) is 0.771. The van der Waals surface area contributed by atoms with Gasteiger partial charge in [0.1, 0.15) is 18.4 Å². The molecule has 3 atom stereocenters. The van der Waals surface area contributed by atoms with Gasteiger partial charge in [-0.2, -0.15) is 0 Å². The number of alkyl carbamates (subject to hydrolysis) is 1. The summed E-state index contributed by atoms with van der Waals surface area (Å²) in [5, 5.41) is 2.80. The van der Waals surface area contributed by atoms with Crippen LogP contribution >= 0.6 is 0 Å². The molecule has 0 aromatic heterocycles. The van der Waals surface area contributed by atoms with Crippen LogP contribution in [-0.4, -0.2) is 48.0 Å². The Bertz CT molecular complexity index is 741. The number of hydrogen-bond donors (Lipinski definition) is 1. The van der Waals surface area contributed by atoms with Crippen LogP contribution in [0.15, 0.2) is 30.3 Å². The number of rotatable bonds is 3. The number of nitrogens with zero attached hydrogens (tertiary/aromatic N) is 1. The van der Waals surface area contributed by atoms with Crippen molar-refractivity contribution >= 4 is 12.2 Å². The molecule has 1 N–H and O–H groups in total. The lowest BCUT2D eigenvalue weighted by Gasteiger charge is -2.43. The highest BCUT2D eigenvalue weighted by Crippen LogP contribution is 2.50. The lowest BCUT2D eigenvalue weighted by Crippen LogP contribution is -2.54. The third kappa shape index (κ3) is 5.24. The number of halogens is 1. The van der Waals surface area contributed by atoms with Crippen LogP contribution in [0, 0.1) is 11.3 Å². The van der Waals surface area contributed by atoms with E-state index in [0.29, 0.717) is 32.4 Å². The van der Waals surface area contributed by atoms with Crippen LogP contribution in [0.2, 0.25) is 0 Å². The normalized spacial score (nSPS) is 25.8. The number of ether oxygens (including phenoxy) is 2. The average Bonchev–Trinajstić information content (AvgIpc) is 2.90. The van der Waals surface area contributed by atoms with Gasteiger partial charge in [0.15, 0.2) is 0 Å². The summed E-state index contributed by atoms with van der Waals surface area (Å²) in [7, 11) is 0. The van der Waals surface area contributed by atoms with Crippen molar-refractivity contribution in [3.05, 3.63) is 35.9 Å². The molecule has 6 nitrogen and oxygen atoms in total. The van der Waals surface area contributed by atoms with E-state index in [1.807, 2.05) is 37.3 Å². The Balaban J connectivity index is 1.58. The largest absolute Gasteiger partial charge is 0.445 e. The Morgan fingerprint density at radius 3 is 2.43 bits per heavy atom. The van der Waals surface area contributed by atoms with Gasteiger partial charge in [-0.3, -0.25) is 0 Å². The second-order valence-corrected chi connectivity index (χ2v) is 9.64. The van der Waals surface area contributed by atoms with Gasteiger partial charge in [0.2, 0.25) is 0 Å². The number of piperidine rings is 1. The summed E-state index contributed by atoms with van der Waals surface area (Å²) in [6.45, 7) is 8.43. The molecule has 30 heavy (non-hydrogen) atoms. The first-order valence-electron chi connectivity index (χ1n) is 10.7. The summed E-state index contributed by atoms with van der Waals surface area (Å²) in [6, 6.07) is 8.93. The van der Waals surface area contributed by atoms with Crippen molar-refractivity contribution in [2.45, 2.75) is 71.4 Å². The minimum absolute atomic E-state index is 0.151. The Kier molecular flexibility index (Phi) is 6.58. The van der Waals surface area contributed by atoms with Gasteiger partial charge >= 0.3 is 12.2 Å². The van der Waals surface area contributed by atoms with Crippen molar-refractivity contribution in [1.29, 1.82) is 0 Å². The molecule has 2 fully saturated rings. The summed E-state index contributed by atoms with van der Waals surface area (Å²) in [6.07, 6.45) is -0.144. The fourth-order valence-electron chi connectivity index (χ4n) is 4.67. The lowest BCUT2D eigenvalue weighted by atomic mass is 9.73. The zero-order chi connectivity index (χ0) is 21.9. The van der Waals surface area contributed by atoms with Gasteiger partial charge in [-0.15, -0.1) is 0 Å². The number of nitrogens with one attached hydrogen (secondary N) is 1. The molecular formula is C23H33FN2O4. The standard InChI is InChI=1S/C23H33FN2O4/c1-16-14-23(19(18(16)24)25-20(27)30-22(2,3)4)10-12-26(13-11-23)21(28)29-15-17-8-6-5-7-9-17/h5-9,16,18-19H,10-15H2,1-4H3,(H,25,27)/t16-,18-,19-/m1/s1. The highest BCUT2D eigenvalue weighted by molar-refractivity contribution is 5.69. The van der Waals surface area contributed by atoms with E-state index < -0.39 is 23.9 Å². The van der Waals surface area contributed by atoms with E-state index >= 15 is 0 Å². The maximum atomic E-state index is 15.0. The number of alkyl halides is 1. The molecule has 1 spiro atoms. The molecule has 3 rings (SSSR count). The molecule has 2 aliphatic rings. The fourth-order valence-corrected chi connectivity index (χ4v) is 4.67. The van der Waals surface area contributed by atoms with Crippen LogP contribution in [0.1, 0.15) is 52.5 Å². The third-order valence-electron chi connectivity index (χ3n) is 6.15. The van der Waals surface area contributed by atoms with Gasteiger partial charge in [0.05, 0.1) is 6.04 Å². The fraction of sp³-hybridized carbons (Fsp3) is 0.652. The van der Waals surface area contributed by atoms with Crippen molar-refractivity contribution < 1.29 is 23.5 Å². The maximum Gasteiger partial charge on any atom is 0.410 e. The maximum absolute atomic E-state index is 15.0. The molecule has 0 bridgehead atoms. The molecule has 2 amide bonds. The van der Waals surface area contributed by atoms with E-state index in [1.54, 1.807) is 25.7 Å². The molecular weight excluding hydrogens is 387 g/mol. The Hall–Kier alpha value is -2.31. The molecule has 1 heterocycles. The SMILES string of the molecule is C[C@@H]1CC2(CCN(C(=O)OCc3ccccc3)CC2)[C@H](NC(=O)OC(C)(C)C)[C@@H]1F. The van der Waals surface area contributed by atoms with Crippen LogP contribution < -0.4 is 5.32 Å². The van der Waals surface area contributed by atoms with E-state index in [-0.39, 0.29) is 24.0 Å². The first-order chi connectivity index (χ1) is 14.1. The summed E-state index contributed by atoms with van der Waals surface area (Å²) in [5.74, 6) is -0.151. The van der Waals surface area contributed by atoms with Crippen molar-refractivity contribution in [2.24, 2.45) is 11.3 Å². The van der Waals surface area contributed by atoms with Crippen molar-refractivity contribution in [1.82, 2.24) is 10.2 Å². The molecule has 1 aliphatic heterocycles. The van der Waals surface area contributed by atoms with E-state index in [2.05, 4.69) is 5.32 Å². The highest BCUT2D eigenvalue weighted by atomic mass is 19.1. The summed E-state index contributed by atoms with van der Waals surface area (Å²) >= 11 is 0. The van der Waals surface area contributed by atoms with Gasteiger partial charge in [-0.25, -0.2) is 14.0 Å². The van der Waals surface area contributed by atoms with Gasteiger partial charge < -0.3 is 19.7 Å². The third-order valence-corrected chi connectivity index (χ3v) is 6.15. The summed E-state index contributed by atoms with van der Waals surface area (Å²) < 4.78 is 25.8. The van der Waals surface area contributed by atoms with E-state index in [4.69, 9.17) is 9.47 Å². The number of benzene rings is 1. The molecule has 1 aromatic carbocycles. The number of likely N-dealkylation sites (tertiary alicyclic amines) is 1. The zero-order valence-electron chi connectivity index (χ0n) is 18.3. The van der Waals surface area contributed by atoms with Crippen molar-refractivity contribution in [3.8, 4) is 0 Å². The van der Waals surface area contributed by atoms with E-state index in [0.717, 1.165) is 5.56 Å². The molecule has 1 saturated heterocycles. The minimum Gasteiger partial charge on any atom is -0.445 e. The molecule has 0 unspecified atom stereocenters. The van der Waals surface area contributed by atoms with Crippen molar-refractivity contribution in [3.63, 3.8) is 0 Å². The van der Waals surface area contributed by atoms with Gasteiger partial charge in [-0.1, -0.05) is 37.3 Å². The highest BCUT2D eigenvalue weighted by Gasteiger charge is 2.54. The Labute approximate surface area is 178 Å². The second-order valence-electron chi connectivity index (χ2n) is 9.64. The monoisotopic (exact) mass is 420 g/mol. The molecule has 1 saturated carbocycles. The number of carbonyl (C=O) groups excluding carboxylic acids is 2. The Morgan fingerprint density at radius 1 is 1.20 bits per heavy atom. The second kappa shape index (κ2) is 8.82. The minimum atomic E-state index is -1.13. The predicted octanol–water partition coefficient (Wildman–Crippen LogP) is 4.68. The van der Waals surface area contributed by atoms with Crippen LogP contribution in [0.3, 0.4) is 0 Å². The van der Waals surface area contributed by atoms with E-state index in [9.17, 15) is 14.0 Å². The molecule has 1 aromatic rings. The summed E-state index contributed by atoms with van der Waals surface area (Å²) in [4.78, 5) is 26.4. The van der Waals surface area contributed by atoms with E-state index in [1.165, 1.54) is 0 Å². The van der Waals surface area contributed by atoms with Crippen LogP contribution in [0.25, 0.3) is 0 Å². The molecule has 1 aliphatic carbocycles. The van der Waals surface area contributed by atoms with Crippen LogP contribution in [0.4, 0.5) is 14.0 Å². The van der Waals surface area contributed by atoms with Gasteiger partial charge in [0, 0.05) is 13.1 Å². The number of hydrogen-bond acceptors (Lipinski definition) is 4. The first kappa shape index (κ1) is 22.4.